The minimum Gasteiger partial charge on any atom is -0.444 e. The van der Waals surface area contributed by atoms with Crippen LogP contribution in [0.2, 0.25) is 0 Å². The SMILES string of the molecule is C.CCc1nc2c(cnn2CC)c(NC2CCOCC2)c1CNC(=O)C1(C(=O)NCc2ccc(F)c(-c3cccc(CN4CCN[C@@H](C)C4)c3)c2)CC1.CCc1nc2c(cnn2CC)c(NC2CCOCC2)c1CNC(=O)C1(C(=O)NCc2ccc(F)c(Br)c2)CC1.C[C@H]1CN(Cc2cccc(B3OC(C)(C)C(C)(C)O3)c2)CCN1C(=O)OC(C)(C)C. The van der Waals surface area contributed by atoms with E-state index in [0.717, 1.165) is 155 Å². The highest BCUT2D eigenvalue weighted by Gasteiger charge is 2.58. The van der Waals surface area contributed by atoms with Crippen molar-refractivity contribution in [1.82, 2.24) is 70.8 Å². The van der Waals surface area contributed by atoms with Crippen molar-refractivity contribution in [3.05, 3.63) is 158 Å². The van der Waals surface area contributed by atoms with Crippen molar-refractivity contribution in [2.45, 2.75) is 255 Å². The van der Waals surface area contributed by atoms with Gasteiger partial charge in [-0.05, 0) is 220 Å². The molecule has 8 aromatic rings. The molecule has 5 aliphatic heterocycles. The van der Waals surface area contributed by atoms with Crippen LogP contribution in [0.4, 0.5) is 25.0 Å². The number of anilines is 2. The summed E-state index contributed by atoms with van der Waals surface area (Å²) in [4.78, 5) is 82.7. The normalized spacial score (nSPS) is 19.4. The summed E-state index contributed by atoms with van der Waals surface area (Å²) in [7, 11) is -0.349. The van der Waals surface area contributed by atoms with Crippen molar-refractivity contribution >= 4 is 91.7 Å². The summed E-state index contributed by atoms with van der Waals surface area (Å²) in [6.45, 7) is 38.5. The van der Waals surface area contributed by atoms with E-state index >= 15 is 4.39 Å². The Hall–Kier alpha value is -9.01. The van der Waals surface area contributed by atoms with E-state index < -0.39 is 16.4 Å². The van der Waals surface area contributed by atoms with Crippen molar-refractivity contribution in [2.24, 2.45) is 10.8 Å². The van der Waals surface area contributed by atoms with Gasteiger partial charge >= 0.3 is 13.2 Å². The number of nitrogens with one attached hydrogen (secondary N) is 7. The average molecular weight is 1740 g/mol. The maximum absolute atomic E-state index is 15.2. The Morgan fingerprint density at radius 2 is 1.07 bits per heavy atom. The van der Waals surface area contributed by atoms with Gasteiger partial charge < -0.3 is 65.6 Å². The van der Waals surface area contributed by atoms with Gasteiger partial charge in [-0.1, -0.05) is 75.9 Å². The Labute approximate surface area is 726 Å². The number of halogens is 3. The molecule has 5 amide bonds. The third-order valence-corrected chi connectivity index (χ3v) is 25.3. The number of carbonyl (C=O) groups is 5. The summed E-state index contributed by atoms with van der Waals surface area (Å²) in [5.74, 6) is -1.87. The molecule has 0 spiro atoms. The number of fused-ring (bicyclic) bond motifs is 2. The fraction of sp³-hybridized carbons (Fsp3) is 0.554. The second-order valence-corrected chi connectivity index (χ2v) is 36.2. The summed E-state index contributed by atoms with van der Waals surface area (Å²) in [6.07, 6.45) is 10.3. The first-order valence-corrected chi connectivity index (χ1v) is 44.2. The molecule has 30 heteroatoms. The molecular weight excluding hydrogens is 1620 g/mol. The first kappa shape index (κ1) is 92.2. The number of aryl methyl sites for hydroxylation is 4. The van der Waals surface area contributed by atoms with E-state index in [2.05, 4.69) is 158 Å². The quantitative estimate of drug-likeness (QED) is 0.0196. The summed E-state index contributed by atoms with van der Waals surface area (Å²) in [6, 6.07) is 27.0. The zero-order valence-corrected chi connectivity index (χ0v) is 74.3. The molecule has 9 heterocycles. The number of aromatic nitrogens is 6. The topological polar surface area (TPSA) is 287 Å². The smallest absolute Gasteiger partial charge is 0.444 e. The molecule has 2 saturated carbocycles. The molecule has 7 N–H and O–H groups in total. The maximum Gasteiger partial charge on any atom is 0.494 e. The van der Waals surface area contributed by atoms with Gasteiger partial charge in [0, 0.05) is 170 Å². The summed E-state index contributed by atoms with van der Waals surface area (Å²) in [5.41, 5.74) is 10.0. The van der Waals surface area contributed by atoms with Crippen molar-refractivity contribution in [1.29, 1.82) is 0 Å². The fourth-order valence-corrected chi connectivity index (χ4v) is 17.0. The summed E-state index contributed by atoms with van der Waals surface area (Å²) >= 11 is 3.17. The van der Waals surface area contributed by atoms with E-state index in [0.29, 0.717) is 101 Å². The zero-order chi connectivity index (χ0) is 86.1. The van der Waals surface area contributed by atoms with Gasteiger partial charge in [-0.25, -0.2) is 32.9 Å². The number of carbonyl (C=O) groups excluding carboxylic acids is 5. The molecule has 15 rings (SSSR count). The highest BCUT2D eigenvalue weighted by molar-refractivity contribution is 9.10. The van der Waals surface area contributed by atoms with Crippen molar-refractivity contribution in [3.8, 4) is 11.1 Å². The van der Waals surface area contributed by atoms with Gasteiger partial charge in [-0.15, -0.1) is 0 Å². The van der Waals surface area contributed by atoms with Crippen molar-refractivity contribution < 1.29 is 56.3 Å². The average Bonchev–Trinajstić information content (AvgIpc) is 1.60. The zero-order valence-electron chi connectivity index (χ0n) is 72.7. The number of hydrogen-bond donors (Lipinski definition) is 7. The van der Waals surface area contributed by atoms with Crippen LogP contribution in [0.3, 0.4) is 0 Å². The third-order valence-electron chi connectivity index (χ3n) is 24.7. The van der Waals surface area contributed by atoms with Crippen LogP contribution in [0.1, 0.15) is 194 Å². The molecule has 7 fully saturated rings. The number of pyridine rings is 2. The van der Waals surface area contributed by atoms with Crippen molar-refractivity contribution in [2.75, 3.05) is 76.3 Å². The Morgan fingerprint density at radius 3 is 1.53 bits per heavy atom. The molecule has 0 radical (unpaired) electrons. The van der Waals surface area contributed by atoms with E-state index in [-0.39, 0.29) is 111 Å². The van der Waals surface area contributed by atoms with Gasteiger partial charge in [0.05, 0.1) is 50.2 Å². The minimum atomic E-state index is -1.12. The van der Waals surface area contributed by atoms with Gasteiger partial charge in [-0.2, -0.15) is 10.2 Å². The largest absolute Gasteiger partial charge is 0.494 e. The number of piperazine rings is 2. The van der Waals surface area contributed by atoms with Crippen LogP contribution in [-0.4, -0.2) is 188 Å². The van der Waals surface area contributed by atoms with Gasteiger partial charge in [0.15, 0.2) is 11.3 Å². The molecule has 26 nitrogen and oxygen atoms in total. The molecule has 7 aliphatic rings. The predicted octanol–water partition coefficient (Wildman–Crippen LogP) is 13.2. The van der Waals surface area contributed by atoms with E-state index in [1.165, 1.54) is 17.7 Å². The van der Waals surface area contributed by atoms with Crippen LogP contribution in [0.15, 0.2) is 102 Å². The van der Waals surface area contributed by atoms with E-state index in [1.54, 1.807) is 24.3 Å². The fourth-order valence-electron chi connectivity index (χ4n) is 16.6. The third kappa shape index (κ3) is 21.8. The summed E-state index contributed by atoms with van der Waals surface area (Å²) < 4.78 is 61.9. The number of hydrogen-bond acceptors (Lipinski definition) is 19. The van der Waals surface area contributed by atoms with Crippen LogP contribution >= 0.6 is 15.9 Å². The monoisotopic (exact) mass is 1740 g/mol. The van der Waals surface area contributed by atoms with Crippen LogP contribution in [0.5, 0.6) is 0 Å². The number of amides is 5. The lowest BCUT2D eigenvalue weighted by molar-refractivity contribution is -0.138. The Bertz CT molecular complexity index is 5000. The molecule has 2 atom stereocenters. The minimum absolute atomic E-state index is 0. The highest BCUT2D eigenvalue weighted by Crippen LogP contribution is 2.48. The number of ether oxygens (including phenoxy) is 3. The second kappa shape index (κ2) is 39.9. The van der Waals surface area contributed by atoms with Crippen LogP contribution < -0.4 is 42.7 Å². The first-order valence-electron chi connectivity index (χ1n) is 43.4. The van der Waals surface area contributed by atoms with Crippen LogP contribution in [0.25, 0.3) is 33.2 Å². The van der Waals surface area contributed by atoms with E-state index in [9.17, 15) is 28.4 Å². The highest BCUT2D eigenvalue weighted by atomic mass is 79.9. The van der Waals surface area contributed by atoms with E-state index in [4.69, 9.17) is 33.5 Å². The van der Waals surface area contributed by atoms with Gasteiger partial charge in [0.2, 0.25) is 23.6 Å². The van der Waals surface area contributed by atoms with Gasteiger partial charge in [-0.3, -0.25) is 29.0 Å². The van der Waals surface area contributed by atoms with Crippen LogP contribution in [-0.2, 0) is 108 Å². The van der Waals surface area contributed by atoms with Gasteiger partial charge in [0.1, 0.15) is 28.1 Å². The number of nitrogens with zero attached hydrogens (tertiary/aromatic N) is 9. The van der Waals surface area contributed by atoms with Gasteiger partial charge in [0.25, 0.3) is 0 Å². The Morgan fingerprint density at radius 1 is 0.590 bits per heavy atom. The lowest BCUT2D eigenvalue weighted by atomic mass is 9.78. The molecule has 0 bridgehead atoms. The number of rotatable bonds is 26. The second-order valence-electron chi connectivity index (χ2n) is 35.3. The predicted molar refractivity (Wildman–Crippen MR) is 476 cm³/mol. The molecule has 5 saturated heterocycles. The lowest BCUT2D eigenvalue weighted by Gasteiger charge is -2.40. The van der Waals surface area contributed by atoms with Crippen molar-refractivity contribution in [3.63, 3.8) is 0 Å². The number of benzene rings is 4. The Kier molecular flexibility index (Phi) is 30.1. The molecule has 658 valence electrons. The molecule has 122 heavy (non-hydrogen) atoms. The lowest BCUT2D eigenvalue weighted by Crippen LogP contribution is -2.54. The molecule has 0 unspecified atom stereocenters. The summed E-state index contributed by atoms with van der Waals surface area (Å²) in [5, 5.41) is 33.9. The Balaban J connectivity index is 0.000000173. The molecule has 2 aliphatic carbocycles. The van der Waals surface area contributed by atoms with E-state index in [1.807, 2.05) is 80.3 Å². The first-order chi connectivity index (χ1) is 57.9. The maximum atomic E-state index is 15.2. The van der Waals surface area contributed by atoms with Crippen LogP contribution in [0, 0.1) is 22.5 Å². The molecular formula is C92H126BBrF2N16O10. The standard InChI is InChI=1S/C40H51FN8O3.C28H34BrFN6O3.C23H37BN2O4.CH4/c1-4-35-32(36(46-30-11-17-52-18-12-30)33-23-45-49(5-2)37(33)47-35)22-44-39(51)40(13-14-40)38(50)43-21-27-9-10-34(41)31(20-27)29-8-6-7-28(19-29)25-48-16-15-42-26(3)24-48;1-3-23-19(24(34-18-7-11-39-12-8-18)20-16-33-36(4-2)25(20)35-23)15-32-27(38)28(9-10-28)26(37)31-14-17-5-6-22(30)21(29)13-17;1-17-15-25(12-13-26(17)20(27)28-21(2,3)4)16-18-10-9-11-19(14-18)24-29-22(5,6)23(7,8)30-24;/h6-10,19-20,23,26,30,42H,4-5,11-18,21-22,24-25H2,1-3H3,(H,43,50)(H,44,51)(H,46,47);5-6,13,16,18H,3-4,7-12,14-15H2,1-2H3,(H,31,37)(H,32,38)(H,34,35);9-11,14,17H,12-13,15-16H2,1-8H3;1H4/t26-;;17-;/m0.0./s1. The molecule has 4 aromatic carbocycles. The molecule has 4 aromatic heterocycles.